The fourth-order valence-corrected chi connectivity index (χ4v) is 2.31. The van der Waals surface area contributed by atoms with Crippen LogP contribution in [-0.2, 0) is 4.74 Å². The predicted molar refractivity (Wildman–Crippen MR) is 70.2 cm³/mol. The van der Waals surface area contributed by atoms with Crippen molar-refractivity contribution in [3.05, 3.63) is 28.0 Å². The molecule has 6 heteroatoms. The molecule has 1 aromatic rings. The van der Waals surface area contributed by atoms with Crippen molar-refractivity contribution in [2.45, 2.75) is 31.9 Å². The number of carbonyl (C=O) groups is 1. The van der Waals surface area contributed by atoms with Crippen molar-refractivity contribution in [2.24, 2.45) is 0 Å². The molecule has 2 rings (SSSR count). The van der Waals surface area contributed by atoms with E-state index in [2.05, 4.69) is 10.3 Å². The SMILES string of the molecule is CC(NC(=O)c1cc(Cl)ncc1Cl)C1CCCO1. The van der Waals surface area contributed by atoms with Gasteiger partial charge < -0.3 is 10.1 Å². The summed E-state index contributed by atoms with van der Waals surface area (Å²) in [6.07, 6.45) is 3.44. The minimum Gasteiger partial charge on any atom is -0.376 e. The molecule has 1 N–H and O–H groups in total. The van der Waals surface area contributed by atoms with Crippen molar-refractivity contribution in [2.75, 3.05) is 6.61 Å². The average molecular weight is 289 g/mol. The van der Waals surface area contributed by atoms with Crippen LogP contribution in [-0.4, -0.2) is 29.6 Å². The molecule has 0 aliphatic carbocycles. The van der Waals surface area contributed by atoms with Gasteiger partial charge in [0.25, 0.3) is 5.91 Å². The third-order valence-corrected chi connectivity index (χ3v) is 3.46. The molecule has 1 aromatic heterocycles. The summed E-state index contributed by atoms with van der Waals surface area (Å²) in [7, 11) is 0. The van der Waals surface area contributed by atoms with E-state index in [1.54, 1.807) is 0 Å². The first-order chi connectivity index (χ1) is 8.58. The summed E-state index contributed by atoms with van der Waals surface area (Å²) in [6, 6.07) is 1.41. The van der Waals surface area contributed by atoms with Crippen molar-refractivity contribution in [3.63, 3.8) is 0 Å². The highest BCUT2D eigenvalue weighted by Gasteiger charge is 2.24. The highest BCUT2D eigenvalue weighted by atomic mass is 35.5. The topological polar surface area (TPSA) is 51.2 Å². The van der Waals surface area contributed by atoms with E-state index in [0.29, 0.717) is 5.56 Å². The maximum Gasteiger partial charge on any atom is 0.253 e. The molecule has 0 radical (unpaired) electrons. The van der Waals surface area contributed by atoms with Crippen LogP contribution in [0.1, 0.15) is 30.1 Å². The fourth-order valence-electron chi connectivity index (χ4n) is 1.96. The van der Waals surface area contributed by atoms with E-state index in [4.69, 9.17) is 27.9 Å². The lowest BCUT2D eigenvalue weighted by atomic mass is 10.1. The second-order valence-corrected chi connectivity index (χ2v) is 5.09. The molecule has 2 unspecified atom stereocenters. The van der Waals surface area contributed by atoms with Crippen LogP contribution in [0.3, 0.4) is 0 Å². The number of pyridine rings is 1. The van der Waals surface area contributed by atoms with Gasteiger partial charge in [0.05, 0.1) is 22.7 Å². The zero-order chi connectivity index (χ0) is 13.1. The number of aromatic nitrogens is 1. The van der Waals surface area contributed by atoms with E-state index in [-0.39, 0.29) is 28.2 Å². The Bertz CT molecular complexity index is 448. The first-order valence-electron chi connectivity index (χ1n) is 5.81. The van der Waals surface area contributed by atoms with Crippen LogP contribution in [0.2, 0.25) is 10.2 Å². The van der Waals surface area contributed by atoms with E-state index < -0.39 is 0 Å². The molecular weight excluding hydrogens is 275 g/mol. The minimum atomic E-state index is -0.257. The van der Waals surface area contributed by atoms with Crippen molar-refractivity contribution in [1.29, 1.82) is 0 Å². The Labute approximate surface area is 116 Å². The number of nitrogens with one attached hydrogen (secondary N) is 1. The molecule has 0 bridgehead atoms. The van der Waals surface area contributed by atoms with Gasteiger partial charge in [0.2, 0.25) is 0 Å². The Balaban J connectivity index is 2.04. The summed E-state index contributed by atoms with van der Waals surface area (Å²) in [5.41, 5.74) is 0.335. The van der Waals surface area contributed by atoms with Crippen LogP contribution in [0.15, 0.2) is 12.3 Å². The van der Waals surface area contributed by atoms with Crippen LogP contribution in [0.4, 0.5) is 0 Å². The molecule has 1 amide bonds. The third-order valence-electron chi connectivity index (χ3n) is 2.95. The van der Waals surface area contributed by atoms with Crippen LogP contribution in [0.5, 0.6) is 0 Å². The summed E-state index contributed by atoms with van der Waals surface area (Å²) >= 11 is 11.7. The average Bonchev–Trinajstić information content (AvgIpc) is 2.85. The predicted octanol–water partition coefficient (Wildman–Crippen LogP) is 2.69. The van der Waals surface area contributed by atoms with Gasteiger partial charge in [0.1, 0.15) is 5.15 Å². The molecule has 2 heterocycles. The van der Waals surface area contributed by atoms with Crippen LogP contribution in [0, 0.1) is 0 Å². The lowest BCUT2D eigenvalue weighted by Gasteiger charge is -2.20. The van der Waals surface area contributed by atoms with Gasteiger partial charge in [-0.1, -0.05) is 23.2 Å². The van der Waals surface area contributed by atoms with Gasteiger partial charge in [-0.25, -0.2) is 4.98 Å². The Hall–Kier alpha value is -0.840. The van der Waals surface area contributed by atoms with Crippen molar-refractivity contribution in [1.82, 2.24) is 10.3 Å². The van der Waals surface area contributed by atoms with Gasteiger partial charge >= 0.3 is 0 Å². The lowest BCUT2D eigenvalue weighted by molar-refractivity contribution is 0.0712. The molecule has 1 aliphatic heterocycles. The highest BCUT2D eigenvalue weighted by Crippen LogP contribution is 2.19. The normalized spacial score (nSPS) is 20.7. The summed E-state index contributed by atoms with van der Waals surface area (Å²) in [5.74, 6) is -0.257. The second-order valence-electron chi connectivity index (χ2n) is 4.30. The standard InChI is InChI=1S/C12H14Cl2N2O2/c1-7(10-3-2-4-18-10)16-12(17)8-5-11(14)15-6-9(8)13/h5-7,10H,2-4H2,1H3,(H,16,17). The molecule has 18 heavy (non-hydrogen) atoms. The van der Waals surface area contributed by atoms with Gasteiger partial charge in [-0.3, -0.25) is 4.79 Å². The summed E-state index contributed by atoms with van der Waals surface area (Å²) < 4.78 is 5.52. The molecule has 0 spiro atoms. The van der Waals surface area contributed by atoms with Gasteiger partial charge in [0, 0.05) is 12.8 Å². The number of carbonyl (C=O) groups excluding carboxylic acids is 1. The quantitative estimate of drug-likeness (QED) is 0.870. The Morgan fingerprint density at radius 1 is 1.61 bits per heavy atom. The lowest BCUT2D eigenvalue weighted by Crippen LogP contribution is -2.40. The smallest absolute Gasteiger partial charge is 0.253 e. The number of nitrogens with zero attached hydrogens (tertiary/aromatic N) is 1. The van der Waals surface area contributed by atoms with E-state index in [9.17, 15) is 4.79 Å². The molecule has 0 saturated carbocycles. The summed E-state index contributed by atoms with van der Waals surface area (Å²) in [6.45, 7) is 2.68. The zero-order valence-electron chi connectivity index (χ0n) is 9.95. The van der Waals surface area contributed by atoms with Gasteiger partial charge in [0.15, 0.2) is 0 Å². The largest absolute Gasteiger partial charge is 0.376 e. The Morgan fingerprint density at radius 2 is 2.39 bits per heavy atom. The van der Waals surface area contributed by atoms with Crippen molar-refractivity contribution >= 4 is 29.1 Å². The van der Waals surface area contributed by atoms with Crippen molar-refractivity contribution < 1.29 is 9.53 Å². The van der Waals surface area contributed by atoms with E-state index in [1.807, 2.05) is 6.92 Å². The molecule has 98 valence electrons. The van der Waals surface area contributed by atoms with Crippen LogP contribution < -0.4 is 5.32 Å². The minimum absolute atomic E-state index is 0.0528. The second kappa shape index (κ2) is 5.87. The maximum absolute atomic E-state index is 12.0. The molecule has 1 saturated heterocycles. The highest BCUT2D eigenvalue weighted by molar-refractivity contribution is 6.35. The Kier molecular flexibility index (Phi) is 4.43. The molecular formula is C12H14Cl2N2O2. The summed E-state index contributed by atoms with van der Waals surface area (Å²) in [5, 5.41) is 3.40. The van der Waals surface area contributed by atoms with E-state index >= 15 is 0 Å². The first kappa shape index (κ1) is 13.6. The van der Waals surface area contributed by atoms with Crippen LogP contribution in [0.25, 0.3) is 0 Å². The number of halogens is 2. The fraction of sp³-hybridized carbons (Fsp3) is 0.500. The molecule has 4 nitrogen and oxygen atoms in total. The number of hydrogen-bond acceptors (Lipinski definition) is 3. The number of hydrogen-bond donors (Lipinski definition) is 1. The number of ether oxygens (including phenoxy) is 1. The van der Waals surface area contributed by atoms with Crippen molar-refractivity contribution in [3.8, 4) is 0 Å². The first-order valence-corrected chi connectivity index (χ1v) is 6.57. The zero-order valence-corrected chi connectivity index (χ0v) is 11.5. The Morgan fingerprint density at radius 3 is 3.06 bits per heavy atom. The monoisotopic (exact) mass is 288 g/mol. The van der Waals surface area contributed by atoms with Crippen LogP contribution >= 0.6 is 23.2 Å². The van der Waals surface area contributed by atoms with Gasteiger partial charge in [-0.05, 0) is 25.8 Å². The molecule has 2 atom stereocenters. The van der Waals surface area contributed by atoms with Gasteiger partial charge in [-0.2, -0.15) is 0 Å². The number of amides is 1. The third kappa shape index (κ3) is 3.13. The molecule has 1 fully saturated rings. The van der Waals surface area contributed by atoms with E-state index in [0.717, 1.165) is 19.4 Å². The summed E-state index contributed by atoms with van der Waals surface area (Å²) in [4.78, 5) is 15.9. The van der Waals surface area contributed by atoms with E-state index in [1.165, 1.54) is 12.3 Å². The van der Waals surface area contributed by atoms with Gasteiger partial charge in [-0.15, -0.1) is 0 Å². The molecule has 1 aliphatic rings. The number of rotatable bonds is 3. The molecule has 0 aromatic carbocycles. The maximum atomic E-state index is 12.0.